The molecule has 0 radical (unpaired) electrons. The quantitative estimate of drug-likeness (QED) is 0.501. The highest BCUT2D eigenvalue weighted by Crippen LogP contribution is 2.24. The van der Waals surface area contributed by atoms with Crippen molar-refractivity contribution in [2.75, 3.05) is 5.32 Å². The lowest BCUT2D eigenvalue weighted by Crippen LogP contribution is -2.23. The van der Waals surface area contributed by atoms with E-state index in [-0.39, 0.29) is 11.7 Å². The molecule has 1 amide bonds. The van der Waals surface area contributed by atoms with Crippen molar-refractivity contribution in [1.29, 1.82) is 0 Å². The van der Waals surface area contributed by atoms with Gasteiger partial charge in [0, 0.05) is 16.3 Å². The first kappa shape index (κ1) is 19.1. The number of rotatable bonds is 6. The molecule has 0 saturated heterocycles. The third kappa shape index (κ3) is 4.72. The molecular formula is C18H16ClN5O2S. The molecule has 1 N–H and O–H groups in total. The molecule has 0 fully saturated rings. The second-order valence-corrected chi connectivity index (χ2v) is 7.48. The minimum absolute atomic E-state index is 0.0596. The molecule has 1 atom stereocenters. The third-order valence-corrected chi connectivity index (χ3v) is 4.99. The number of benzene rings is 2. The summed E-state index contributed by atoms with van der Waals surface area (Å²) in [6.45, 7) is 3.24. The Morgan fingerprint density at radius 1 is 1.19 bits per heavy atom. The van der Waals surface area contributed by atoms with Crippen molar-refractivity contribution in [2.24, 2.45) is 0 Å². The standard InChI is InChI=1S/C18H16ClN5O2S/c1-11(25)13-4-3-5-15(10-13)20-17(26)12(2)27-18-21-22-23-24(18)16-8-6-14(19)7-9-16/h3-10,12H,1-2H3,(H,20,26)/t12-/m1/s1. The van der Waals surface area contributed by atoms with Crippen LogP contribution in [-0.4, -0.2) is 37.1 Å². The van der Waals surface area contributed by atoms with Gasteiger partial charge >= 0.3 is 0 Å². The Labute approximate surface area is 165 Å². The number of anilines is 1. The summed E-state index contributed by atoms with van der Waals surface area (Å²) < 4.78 is 1.54. The zero-order chi connectivity index (χ0) is 19.4. The molecule has 0 aliphatic rings. The SMILES string of the molecule is CC(=O)c1cccc(NC(=O)[C@@H](C)Sc2nnnn2-c2ccc(Cl)cc2)c1. The Balaban J connectivity index is 1.71. The number of aromatic nitrogens is 4. The Morgan fingerprint density at radius 3 is 2.63 bits per heavy atom. The smallest absolute Gasteiger partial charge is 0.237 e. The average Bonchev–Trinajstić information content (AvgIpc) is 3.10. The Bertz CT molecular complexity index is 974. The van der Waals surface area contributed by atoms with Gasteiger partial charge in [0.15, 0.2) is 5.78 Å². The highest BCUT2D eigenvalue weighted by atomic mass is 35.5. The summed E-state index contributed by atoms with van der Waals surface area (Å²) >= 11 is 7.13. The van der Waals surface area contributed by atoms with Crippen molar-refractivity contribution >= 4 is 40.7 Å². The first-order valence-electron chi connectivity index (χ1n) is 8.07. The molecule has 9 heteroatoms. The van der Waals surface area contributed by atoms with E-state index in [1.165, 1.54) is 18.7 Å². The highest BCUT2D eigenvalue weighted by Gasteiger charge is 2.19. The van der Waals surface area contributed by atoms with E-state index in [1.54, 1.807) is 60.1 Å². The van der Waals surface area contributed by atoms with Gasteiger partial charge in [-0.1, -0.05) is 35.5 Å². The van der Waals surface area contributed by atoms with E-state index in [1.807, 2.05) is 0 Å². The second-order valence-electron chi connectivity index (χ2n) is 5.74. The predicted molar refractivity (Wildman–Crippen MR) is 105 cm³/mol. The average molecular weight is 402 g/mol. The number of thioether (sulfide) groups is 1. The number of hydrogen-bond donors (Lipinski definition) is 1. The number of nitrogens with zero attached hydrogens (tertiary/aromatic N) is 4. The van der Waals surface area contributed by atoms with Gasteiger partial charge in [-0.05, 0) is 60.7 Å². The van der Waals surface area contributed by atoms with Crippen LogP contribution in [0.3, 0.4) is 0 Å². The minimum atomic E-state index is -0.456. The lowest BCUT2D eigenvalue weighted by atomic mass is 10.1. The number of hydrogen-bond acceptors (Lipinski definition) is 6. The van der Waals surface area contributed by atoms with E-state index < -0.39 is 5.25 Å². The summed E-state index contributed by atoms with van der Waals surface area (Å²) in [5.41, 5.74) is 1.85. The van der Waals surface area contributed by atoms with E-state index in [4.69, 9.17) is 11.6 Å². The Hall–Kier alpha value is -2.71. The van der Waals surface area contributed by atoms with Crippen molar-refractivity contribution < 1.29 is 9.59 Å². The lowest BCUT2D eigenvalue weighted by molar-refractivity contribution is -0.115. The van der Waals surface area contributed by atoms with Crippen molar-refractivity contribution in [3.05, 3.63) is 59.1 Å². The largest absolute Gasteiger partial charge is 0.325 e. The fourth-order valence-corrected chi connectivity index (χ4v) is 3.20. The molecule has 27 heavy (non-hydrogen) atoms. The summed E-state index contributed by atoms with van der Waals surface area (Å²) in [5.74, 6) is -0.276. The molecule has 0 saturated carbocycles. The summed E-state index contributed by atoms with van der Waals surface area (Å²) in [4.78, 5) is 24.0. The first-order chi connectivity index (χ1) is 12.9. The maximum absolute atomic E-state index is 12.5. The maximum Gasteiger partial charge on any atom is 0.237 e. The number of halogens is 1. The van der Waals surface area contributed by atoms with Crippen molar-refractivity contribution in [2.45, 2.75) is 24.3 Å². The molecule has 0 unspecified atom stereocenters. The van der Waals surface area contributed by atoms with Crippen LogP contribution in [0.1, 0.15) is 24.2 Å². The van der Waals surface area contributed by atoms with Gasteiger partial charge in [-0.25, -0.2) is 0 Å². The van der Waals surface area contributed by atoms with Crippen LogP contribution in [0.2, 0.25) is 5.02 Å². The van der Waals surface area contributed by atoms with E-state index >= 15 is 0 Å². The topological polar surface area (TPSA) is 89.8 Å². The molecule has 7 nitrogen and oxygen atoms in total. The maximum atomic E-state index is 12.5. The summed E-state index contributed by atoms with van der Waals surface area (Å²) in [5, 5.41) is 15.1. The van der Waals surface area contributed by atoms with Crippen LogP contribution >= 0.6 is 23.4 Å². The van der Waals surface area contributed by atoms with Gasteiger partial charge in [-0.2, -0.15) is 4.68 Å². The molecular weight excluding hydrogens is 386 g/mol. The van der Waals surface area contributed by atoms with Gasteiger partial charge in [0.2, 0.25) is 11.1 Å². The van der Waals surface area contributed by atoms with Gasteiger partial charge in [-0.3, -0.25) is 9.59 Å². The van der Waals surface area contributed by atoms with Gasteiger partial charge in [0.1, 0.15) is 0 Å². The summed E-state index contributed by atoms with van der Waals surface area (Å²) in [6, 6.07) is 13.9. The molecule has 1 aromatic heterocycles. The number of Topliss-reactive ketones (excluding diaryl/α,β-unsaturated/α-hetero) is 1. The van der Waals surface area contributed by atoms with E-state index in [9.17, 15) is 9.59 Å². The van der Waals surface area contributed by atoms with Crippen molar-refractivity contribution in [1.82, 2.24) is 20.2 Å². The molecule has 138 valence electrons. The molecule has 0 bridgehead atoms. The number of tetrazole rings is 1. The van der Waals surface area contributed by atoms with Crippen LogP contribution in [0.15, 0.2) is 53.7 Å². The van der Waals surface area contributed by atoms with Gasteiger partial charge in [0.05, 0.1) is 10.9 Å². The van der Waals surface area contributed by atoms with Gasteiger partial charge < -0.3 is 5.32 Å². The molecule has 1 heterocycles. The summed E-state index contributed by atoms with van der Waals surface area (Å²) in [6.07, 6.45) is 0. The second kappa shape index (κ2) is 8.32. The molecule has 0 spiro atoms. The number of ketones is 1. The van der Waals surface area contributed by atoms with E-state index in [0.29, 0.717) is 21.4 Å². The summed E-state index contributed by atoms with van der Waals surface area (Å²) in [7, 11) is 0. The fourth-order valence-electron chi connectivity index (χ4n) is 2.27. The molecule has 0 aliphatic heterocycles. The lowest BCUT2D eigenvalue weighted by Gasteiger charge is -2.12. The van der Waals surface area contributed by atoms with Crippen molar-refractivity contribution in [3.8, 4) is 5.69 Å². The van der Waals surface area contributed by atoms with Gasteiger partial charge in [-0.15, -0.1) is 5.10 Å². The number of carbonyl (C=O) groups excluding carboxylic acids is 2. The molecule has 0 aliphatic carbocycles. The van der Waals surface area contributed by atoms with E-state index in [0.717, 1.165) is 5.69 Å². The van der Waals surface area contributed by atoms with Crippen LogP contribution in [0.25, 0.3) is 5.69 Å². The minimum Gasteiger partial charge on any atom is -0.325 e. The zero-order valence-corrected chi connectivity index (χ0v) is 16.2. The number of nitrogens with one attached hydrogen (secondary N) is 1. The van der Waals surface area contributed by atoms with Crippen LogP contribution in [-0.2, 0) is 4.79 Å². The highest BCUT2D eigenvalue weighted by molar-refractivity contribution is 8.00. The number of amides is 1. The van der Waals surface area contributed by atoms with Crippen LogP contribution in [0.4, 0.5) is 5.69 Å². The normalized spacial score (nSPS) is 11.8. The van der Waals surface area contributed by atoms with Crippen LogP contribution in [0, 0.1) is 0 Å². The first-order valence-corrected chi connectivity index (χ1v) is 9.32. The zero-order valence-electron chi connectivity index (χ0n) is 14.6. The third-order valence-electron chi connectivity index (χ3n) is 3.70. The molecule has 3 rings (SSSR count). The predicted octanol–water partition coefficient (Wildman–Crippen LogP) is 3.64. The molecule has 3 aromatic rings. The van der Waals surface area contributed by atoms with Crippen LogP contribution < -0.4 is 5.32 Å². The van der Waals surface area contributed by atoms with Crippen LogP contribution in [0.5, 0.6) is 0 Å². The van der Waals surface area contributed by atoms with E-state index in [2.05, 4.69) is 20.8 Å². The fraction of sp³-hybridized carbons (Fsp3) is 0.167. The number of carbonyl (C=O) groups is 2. The molecule has 2 aromatic carbocycles. The van der Waals surface area contributed by atoms with Gasteiger partial charge in [0.25, 0.3) is 0 Å². The Morgan fingerprint density at radius 2 is 1.93 bits per heavy atom. The monoisotopic (exact) mass is 401 g/mol. The Kier molecular flexibility index (Phi) is 5.88. The van der Waals surface area contributed by atoms with Crippen molar-refractivity contribution in [3.63, 3.8) is 0 Å².